The van der Waals surface area contributed by atoms with Crippen molar-refractivity contribution in [3.05, 3.63) is 65.2 Å². The van der Waals surface area contributed by atoms with Crippen LogP contribution in [0.25, 0.3) is 0 Å². The summed E-state index contributed by atoms with van der Waals surface area (Å²) in [6.45, 7) is 0.420. The Kier molecular flexibility index (Phi) is 6.27. The number of carbonyl (C=O) groups is 1. The van der Waals surface area contributed by atoms with Gasteiger partial charge in [0.15, 0.2) is 9.84 Å². The van der Waals surface area contributed by atoms with E-state index in [4.69, 9.17) is 11.6 Å². The minimum absolute atomic E-state index is 0.0440. The molecular weight excluding hydrogens is 390 g/mol. The maximum absolute atomic E-state index is 12.9. The number of benzene rings is 2. The summed E-state index contributed by atoms with van der Waals surface area (Å²) in [5.41, 5.74) is 0.993. The van der Waals surface area contributed by atoms with Crippen LogP contribution in [-0.2, 0) is 21.2 Å². The average Bonchev–Trinajstić information content (AvgIpc) is 2.99. The van der Waals surface area contributed by atoms with Gasteiger partial charge in [0.1, 0.15) is 0 Å². The third-order valence-corrected chi connectivity index (χ3v) is 7.60. The third-order valence-electron chi connectivity index (χ3n) is 4.35. The molecule has 3 rings (SSSR count). The molecule has 0 unspecified atom stereocenters. The lowest BCUT2D eigenvalue weighted by Gasteiger charge is -2.28. The van der Waals surface area contributed by atoms with Gasteiger partial charge in [0.05, 0.1) is 22.3 Å². The number of thioether (sulfide) groups is 1. The molecule has 0 saturated carbocycles. The van der Waals surface area contributed by atoms with Crippen LogP contribution in [-0.4, -0.2) is 42.5 Å². The highest BCUT2D eigenvalue weighted by molar-refractivity contribution is 8.00. The highest BCUT2D eigenvalue weighted by Crippen LogP contribution is 2.28. The highest BCUT2D eigenvalue weighted by atomic mass is 35.5. The van der Waals surface area contributed by atoms with Gasteiger partial charge in [-0.2, -0.15) is 0 Å². The molecule has 1 aliphatic rings. The van der Waals surface area contributed by atoms with E-state index in [2.05, 4.69) is 0 Å². The summed E-state index contributed by atoms with van der Waals surface area (Å²) in [5.74, 6) is 0.351. The van der Waals surface area contributed by atoms with E-state index in [-0.39, 0.29) is 29.2 Å². The molecule has 0 bridgehead atoms. The molecule has 1 aliphatic heterocycles. The second-order valence-corrected chi connectivity index (χ2v) is 9.94. The zero-order valence-electron chi connectivity index (χ0n) is 14.2. The molecule has 4 nitrogen and oxygen atoms in total. The summed E-state index contributed by atoms with van der Waals surface area (Å²) in [5, 5.41) is 0.614. The van der Waals surface area contributed by atoms with E-state index in [1.165, 1.54) is 11.8 Å². The van der Waals surface area contributed by atoms with E-state index in [0.717, 1.165) is 10.5 Å². The largest absolute Gasteiger partial charge is 0.334 e. The van der Waals surface area contributed by atoms with Crippen molar-refractivity contribution in [2.45, 2.75) is 23.9 Å². The Labute approximate surface area is 163 Å². The summed E-state index contributed by atoms with van der Waals surface area (Å²) in [6.07, 6.45) is 0.498. The van der Waals surface area contributed by atoms with Crippen LogP contribution in [0.5, 0.6) is 0 Å². The third kappa shape index (κ3) is 5.02. The number of carbonyl (C=O) groups excluding carboxylic acids is 1. The van der Waals surface area contributed by atoms with Gasteiger partial charge in [0.25, 0.3) is 0 Å². The van der Waals surface area contributed by atoms with Crippen LogP contribution in [0.1, 0.15) is 12.0 Å². The van der Waals surface area contributed by atoms with Gasteiger partial charge in [-0.3, -0.25) is 4.79 Å². The molecule has 1 amide bonds. The molecule has 0 N–H and O–H groups in total. The van der Waals surface area contributed by atoms with E-state index in [9.17, 15) is 13.2 Å². The van der Waals surface area contributed by atoms with Crippen molar-refractivity contribution >= 4 is 39.1 Å². The first-order valence-electron chi connectivity index (χ1n) is 8.36. The van der Waals surface area contributed by atoms with Crippen LogP contribution in [0.15, 0.2) is 59.5 Å². The Bertz CT molecular complexity index is 871. The van der Waals surface area contributed by atoms with Crippen molar-refractivity contribution in [2.75, 3.05) is 17.3 Å². The Morgan fingerprint density at radius 2 is 1.81 bits per heavy atom. The van der Waals surface area contributed by atoms with Crippen LogP contribution in [0.2, 0.25) is 5.02 Å². The van der Waals surface area contributed by atoms with Crippen molar-refractivity contribution in [1.82, 2.24) is 4.90 Å². The van der Waals surface area contributed by atoms with Crippen molar-refractivity contribution in [2.24, 2.45) is 0 Å². The lowest BCUT2D eigenvalue weighted by Crippen LogP contribution is -2.41. The first-order chi connectivity index (χ1) is 12.4. The number of hydrogen-bond donors (Lipinski definition) is 0. The maximum Gasteiger partial charge on any atom is 0.233 e. The van der Waals surface area contributed by atoms with Crippen molar-refractivity contribution in [3.63, 3.8) is 0 Å². The fourth-order valence-corrected chi connectivity index (χ4v) is 5.86. The lowest BCUT2D eigenvalue weighted by molar-refractivity contribution is -0.130. The van der Waals surface area contributed by atoms with Crippen LogP contribution in [0, 0.1) is 0 Å². The molecule has 0 aromatic heterocycles. The Hall–Kier alpha value is -1.50. The Morgan fingerprint density at radius 1 is 1.12 bits per heavy atom. The molecule has 0 aliphatic carbocycles. The molecule has 1 fully saturated rings. The van der Waals surface area contributed by atoms with Gasteiger partial charge in [-0.25, -0.2) is 8.42 Å². The van der Waals surface area contributed by atoms with Gasteiger partial charge in [-0.1, -0.05) is 54.1 Å². The maximum atomic E-state index is 12.9. The predicted octanol–water partition coefficient (Wildman–Crippen LogP) is 3.65. The van der Waals surface area contributed by atoms with Gasteiger partial charge in [-0.15, -0.1) is 11.8 Å². The fourth-order valence-electron chi connectivity index (χ4n) is 3.01. The fraction of sp³-hybridized carbons (Fsp3) is 0.316. The first kappa shape index (κ1) is 19.3. The van der Waals surface area contributed by atoms with Gasteiger partial charge in [-0.05, 0) is 24.1 Å². The number of rotatable bonds is 6. The normalized spacial score (nSPS) is 18.6. The number of nitrogens with zero attached hydrogens (tertiary/aromatic N) is 1. The summed E-state index contributed by atoms with van der Waals surface area (Å²) < 4.78 is 23.8. The zero-order valence-corrected chi connectivity index (χ0v) is 16.6. The smallest absolute Gasteiger partial charge is 0.233 e. The van der Waals surface area contributed by atoms with Crippen LogP contribution >= 0.6 is 23.4 Å². The van der Waals surface area contributed by atoms with E-state index in [0.29, 0.717) is 18.0 Å². The van der Waals surface area contributed by atoms with Crippen molar-refractivity contribution in [1.29, 1.82) is 0 Å². The molecule has 26 heavy (non-hydrogen) atoms. The van der Waals surface area contributed by atoms with E-state index < -0.39 is 9.84 Å². The van der Waals surface area contributed by atoms with Crippen LogP contribution < -0.4 is 0 Å². The van der Waals surface area contributed by atoms with Gasteiger partial charge >= 0.3 is 0 Å². The van der Waals surface area contributed by atoms with Gasteiger partial charge in [0, 0.05) is 17.5 Å². The minimum Gasteiger partial charge on any atom is -0.334 e. The van der Waals surface area contributed by atoms with Gasteiger partial charge in [0.2, 0.25) is 5.91 Å². The molecule has 0 radical (unpaired) electrons. The quantitative estimate of drug-likeness (QED) is 0.683. The molecule has 1 atom stereocenters. The van der Waals surface area contributed by atoms with E-state index in [1.807, 2.05) is 48.5 Å². The zero-order chi connectivity index (χ0) is 18.6. The second kappa shape index (κ2) is 8.46. The number of halogens is 1. The first-order valence-corrected chi connectivity index (χ1v) is 11.5. The number of hydrogen-bond acceptors (Lipinski definition) is 4. The van der Waals surface area contributed by atoms with E-state index in [1.54, 1.807) is 11.0 Å². The van der Waals surface area contributed by atoms with Crippen LogP contribution in [0.4, 0.5) is 0 Å². The minimum atomic E-state index is -3.06. The van der Waals surface area contributed by atoms with Crippen LogP contribution in [0.3, 0.4) is 0 Å². The van der Waals surface area contributed by atoms with Crippen molar-refractivity contribution < 1.29 is 13.2 Å². The van der Waals surface area contributed by atoms with Crippen molar-refractivity contribution in [3.8, 4) is 0 Å². The summed E-state index contributed by atoms with van der Waals surface area (Å²) >= 11 is 7.54. The summed E-state index contributed by atoms with van der Waals surface area (Å²) in [4.78, 5) is 15.5. The predicted molar refractivity (Wildman–Crippen MR) is 106 cm³/mol. The number of amides is 1. The molecule has 138 valence electrons. The van der Waals surface area contributed by atoms with E-state index >= 15 is 0 Å². The average molecular weight is 410 g/mol. The molecular formula is C19H20ClNO3S2. The SMILES string of the molecule is O=C(CSc1ccccc1Cl)N(Cc1ccccc1)[C@@H]1CCS(=O)(=O)C1. The highest BCUT2D eigenvalue weighted by Gasteiger charge is 2.34. The second-order valence-electron chi connectivity index (χ2n) is 6.28. The summed E-state index contributed by atoms with van der Waals surface area (Å²) in [6, 6.07) is 16.8. The monoisotopic (exact) mass is 409 g/mol. The molecule has 0 spiro atoms. The number of sulfone groups is 1. The van der Waals surface area contributed by atoms with Gasteiger partial charge < -0.3 is 4.90 Å². The molecule has 1 saturated heterocycles. The lowest BCUT2D eigenvalue weighted by atomic mass is 10.1. The molecule has 2 aromatic carbocycles. The molecule has 7 heteroatoms. The molecule has 2 aromatic rings. The molecule has 1 heterocycles. The Balaban J connectivity index is 1.74. The Morgan fingerprint density at radius 3 is 2.46 bits per heavy atom. The summed E-state index contributed by atoms with van der Waals surface area (Å²) in [7, 11) is -3.06. The standard InChI is InChI=1S/C19H20ClNO3S2/c20-17-8-4-5-9-18(17)25-13-19(22)21(12-15-6-2-1-3-7-15)16-10-11-26(23,24)14-16/h1-9,16H,10-14H2/t16-/m1/s1. The topological polar surface area (TPSA) is 54.5 Å².